The summed E-state index contributed by atoms with van der Waals surface area (Å²) >= 11 is 1.87. The van der Waals surface area contributed by atoms with Gasteiger partial charge in [-0.3, -0.25) is 0 Å². The molecule has 2 nitrogen and oxygen atoms in total. The molecule has 0 bridgehead atoms. The van der Waals surface area contributed by atoms with Crippen molar-refractivity contribution in [2.24, 2.45) is 0 Å². The van der Waals surface area contributed by atoms with Gasteiger partial charge < -0.3 is 9.47 Å². The minimum atomic E-state index is 1.10. The Morgan fingerprint density at radius 2 is 1.00 bits per heavy atom. The molecule has 11 aromatic rings. The van der Waals surface area contributed by atoms with Crippen molar-refractivity contribution in [3.05, 3.63) is 206 Å². The number of nitrogens with zero attached hydrogens (tertiary/aromatic N) is 2. The van der Waals surface area contributed by atoms with Crippen molar-refractivity contribution >= 4 is 81.1 Å². The van der Waals surface area contributed by atoms with E-state index in [9.17, 15) is 0 Å². The van der Waals surface area contributed by atoms with E-state index < -0.39 is 0 Å². The van der Waals surface area contributed by atoms with E-state index in [1.54, 1.807) is 0 Å². The number of rotatable bonds is 6. The Hall–Kier alpha value is -6.94. The molecule has 55 heavy (non-hydrogen) atoms. The number of benzene rings is 9. The second-order valence-corrected chi connectivity index (χ2v) is 15.2. The molecule has 0 unspecified atom stereocenters. The summed E-state index contributed by atoms with van der Waals surface area (Å²) in [6.07, 6.45) is 0. The van der Waals surface area contributed by atoms with Crippen molar-refractivity contribution < 1.29 is 0 Å². The third kappa shape index (κ3) is 5.32. The van der Waals surface area contributed by atoms with Crippen molar-refractivity contribution in [1.29, 1.82) is 0 Å². The molecular formula is C52H34N2S. The molecule has 258 valence electrons. The van der Waals surface area contributed by atoms with Crippen molar-refractivity contribution in [2.45, 2.75) is 0 Å². The standard InChI is InChI=1S/C52H34N2S/c1-3-13-36(14-4-1)43-19-9-11-21-48(43)53(42-28-29-50-45(34-42)44-20-10-12-22-49(44)54(50)40-17-5-2-6-18-40)41-26-23-35(24-27-41)39-25-30-51-46(32-39)47-31-37-15-7-8-16-38(37)33-52(47)55-51/h1-34H. The highest BCUT2D eigenvalue weighted by molar-refractivity contribution is 7.25. The van der Waals surface area contributed by atoms with Crippen molar-refractivity contribution in [1.82, 2.24) is 4.57 Å². The highest BCUT2D eigenvalue weighted by atomic mass is 32.1. The van der Waals surface area contributed by atoms with Crippen LogP contribution in [0.15, 0.2) is 206 Å². The van der Waals surface area contributed by atoms with Gasteiger partial charge in [-0.05, 0) is 106 Å². The molecule has 3 heteroatoms. The van der Waals surface area contributed by atoms with Gasteiger partial charge in [0, 0.05) is 53.6 Å². The van der Waals surface area contributed by atoms with Crippen LogP contribution in [-0.2, 0) is 0 Å². The Labute approximate surface area is 323 Å². The van der Waals surface area contributed by atoms with Gasteiger partial charge in [-0.2, -0.15) is 0 Å². The molecule has 2 heterocycles. The molecule has 0 aliphatic heterocycles. The van der Waals surface area contributed by atoms with Crippen LogP contribution in [0.5, 0.6) is 0 Å². The zero-order valence-electron chi connectivity index (χ0n) is 29.9. The van der Waals surface area contributed by atoms with E-state index in [1.165, 1.54) is 75.0 Å². The van der Waals surface area contributed by atoms with Crippen LogP contribution in [0, 0.1) is 0 Å². The van der Waals surface area contributed by atoms with Crippen LogP contribution in [0.3, 0.4) is 0 Å². The van der Waals surface area contributed by atoms with Gasteiger partial charge in [0.1, 0.15) is 0 Å². The Kier molecular flexibility index (Phi) is 7.39. The molecule has 0 amide bonds. The van der Waals surface area contributed by atoms with Gasteiger partial charge in [0.2, 0.25) is 0 Å². The number of para-hydroxylation sites is 3. The number of hydrogen-bond acceptors (Lipinski definition) is 2. The predicted octanol–water partition coefficient (Wildman–Crippen LogP) is 15.1. The third-order valence-electron chi connectivity index (χ3n) is 11.0. The minimum absolute atomic E-state index is 1.10. The van der Waals surface area contributed by atoms with Crippen molar-refractivity contribution in [3.63, 3.8) is 0 Å². The molecule has 0 saturated heterocycles. The zero-order valence-corrected chi connectivity index (χ0v) is 30.7. The fourth-order valence-electron chi connectivity index (χ4n) is 8.36. The lowest BCUT2D eigenvalue weighted by atomic mass is 10.00. The van der Waals surface area contributed by atoms with E-state index in [1.807, 2.05) is 11.3 Å². The number of thiophene rings is 1. The zero-order chi connectivity index (χ0) is 36.3. The van der Waals surface area contributed by atoms with Gasteiger partial charge >= 0.3 is 0 Å². The predicted molar refractivity (Wildman–Crippen MR) is 237 cm³/mol. The monoisotopic (exact) mass is 718 g/mol. The summed E-state index contributed by atoms with van der Waals surface area (Å²) < 4.78 is 5.03. The Bertz CT molecular complexity index is 3190. The second kappa shape index (κ2) is 12.9. The number of aromatic nitrogens is 1. The highest BCUT2D eigenvalue weighted by Gasteiger charge is 2.20. The lowest BCUT2D eigenvalue weighted by Gasteiger charge is -2.28. The summed E-state index contributed by atoms with van der Waals surface area (Å²) in [7, 11) is 0. The first-order valence-corrected chi connectivity index (χ1v) is 19.6. The summed E-state index contributed by atoms with van der Waals surface area (Å²) in [5.41, 5.74) is 11.7. The van der Waals surface area contributed by atoms with E-state index in [4.69, 9.17) is 0 Å². The maximum absolute atomic E-state index is 2.42. The summed E-state index contributed by atoms with van der Waals surface area (Å²) in [6.45, 7) is 0. The first-order valence-electron chi connectivity index (χ1n) is 18.8. The Balaban J connectivity index is 1.07. The van der Waals surface area contributed by atoms with E-state index in [-0.39, 0.29) is 0 Å². The van der Waals surface area contributed by atoms with E-state index in [2.05, 4.69) is 216 Å². The maximum Gasteiger partial charge on any atom is 0.0542 e. The normalized spacial score (nSPS) is 11.6. The van der Waals surface area contributed by atoms with Gasteiger partial charge in [-0.1, -0.05) is 127 Å². The van der Waals surface area contributed by atoms with Crippen LogP contribution in [0.4, 0.5) is 17.1 Å². The second-order valence-electron chi connectivity index (χ2n) is 14.2. The largest absolute Gasteiger partial charge is 0.310 e. The van der Waals surface area contributed by atoms with Crippen molar-refractivity contribution in [3.8, 4) is 27.9 Å². The van der Waals surface area contributed by atoms with Gasteiger partial charge in [0.25, 0.3) is 0 Å². The van der Waals surface area contributed by atoms with Gasteiger partial charge in [-0.25, -0.2) is 0 Å². The molecule has 0 fully saturated rings. The van der Waals surface area contributed by atoms with Gasteiger partial charge in [0.15, 0.2) is 0 Å². The number of anilines is 3. The summed E-state index contributed by atoms with van der Waals surface area (Å²) in [5, 5.41) is 7.66. The first kappa shape index (κ1) is 31.6. The molecule has 0 radical (unpaired) electrons. The smallest absolute Gasteiger partial charge is 0.0542 e. The highest BCUT2D eigenvalue weighted by Crippen LogP contribution is 2.44. The Morgan fingerprint density at radius 1 is 0.364 bits per heavy atom. The van der Waals surface area contributed by atoms with Crippen LogP contribution in [0.25, 0.3) is 80.7 Å². The molecule has 0 N–H and O–H groups in total. The number of hydrogen-bond donors (Lipinski definition) is 0. The lowest BCUT2D eigenvalue weighted by molar-refractivity contribution is 1.18. The topological polar surface area (TPSA) is 8.17 Å². The van der Waals surface area contributed by atoms with Gasteiger partial charge in [0.05, 0.1) is 16.7 Å². The summed E-state index contributed by atoms with van der Waals surface area (Å²) in [6, 6.07) is 75.2. The molecule has 9 aromatic carbocycles. The lowest BCUT2D eigenvalue weighted by Crippen LogP contribution is -2.11. The first-order chi connectivity index (χ1) is 27.3. The van der Waals surface area contributed by atoms with E-state index >= 15 is 0 Å². The maximum atomic E-state index is 2.42. The SMILES string of the molecule is c1ccc(-c2ccccc2N(c2ccc(-c3ccc4sc5cc6ccccc6cc5c4c3)cc2)c2ccc3c(c2)c2ccccc2n3-c2ccccc2)cc1. The minimum Gasteiger partial charge on any atom is -0.310 e. The molecule has 0 atom stereocenters. The van der Waals surface area contributed by atoms with Gasteiger partial charge in [-0.15, -0.1) is 11.3 Å². The summed E-state index contributed by atoms with van der Waals surface area (Å²) in [4.78, 5) is 2.42. The fraction of sp³-hybridized carbons (Fsp3) is 0. The quantitative estimate of drug-likeness (QED) is 0.166. The molecular weight excluding hydrogens is 685 g/mol. The van der Waals surface area contributed by atoms with Crippen molar-refractivity contribution in [2.75, 3.05) is 4.90 Å². The van der Waals surface area contributed by atoms with Crippen LogP contribution in [-0.4, -0.2) is 4.57 Å². The average molecular weight is 719 g/mol. The van der Waals surface area contributed by atoms with E-state index in [0.29, 0.717) is 0 Å². The molecule has 2 aromatic heterocycles. The summed E-state index contributed by atoms with van der Waals surface area (Å²) in [5.74, 6) is 0. The van der Waals surface area contributed by atoms with Crippen LogP contribution in [0.2, 0.25) is 0 Å². The molecule has 11 rings (SSSR count). The Morgan fingerprint density at radius 3 is 1.84 bits per heavy atom. The molecule has 0 aliphatic rings. The fourth-order valence-corrected chi connectivity index (χ4v) is 9.47. The van der Waals surface area contributed by atoms with Crippen LogP contribution in [0.1, 0.15) is 0 Å². The number of fused-ring (bicyclic) bond motifs is 7. The molecule has 0 aliphatic carbocycles. The van der Waals surface area contributed by atoms with E-state index in [0.717, 1.165) is 22.7 Å². The average Bonchev–Trinajstić information content (AvgIpc) is 3.78. The molecule has 0 spiro atoms. The van der Waals surface area contributed by atoms with Crippen LogP contribution >= 0.6 is 11.3 Å². The third-order valence-corrected chi connectivity index (χ3v) is 12.1. The van der Waals surface area contributed by atoms with Crippen LogP contribution < -0.4 is 4.90 Å². The molecule has 0 saturated carbocycles.